The van der Waals surface area contributed by atoms with Crippen LogP contribution in [0.15, 0.2) is 12.2 Å². The van der Waals surface area contributed by atoms with Crippen LogP contribution in [0.3, 0.4) is 0 Å². The summed E-state index contributed by atoms with van der Waals surface area (Å²) >= 11 is 0. The van der Waals surface area contributed by atoms with Crippen LogP contribution in [0.25, 0.3) is 0 Å². The summed E-state index contributed by atoms with van der Waals surface area (Å²) in [5.41, 5.74) is -0.215. The minimum absolute atomic E-state index is 0.0242. The van der Waals surface area contributed by atoms with Crippen LogP contribution >= 0.6 is 0 Å². The average molecular weight is 250 g/mol. The molecule has 0 aromatic rings. The van der Waals surface area contributed by atoms with Crippen molar-refractivity contribution in [3.05, 3.63) is 12.2 Å². The summed E-state index contributed by atoms with van der Waals surface area (Å²) in [6, 6.07) is 0. The number of carbonyl (C=O) groups excluding carboxylic acids is 1. The second-order valence-corrected chi connectivity index (χ2v) is 6.76. The first-order chi connectivity index (χ1) is 8.37. The smallest absolute Gasteiger partial charge is 0.334 e. The molecule has 2 saturated carbocycles. The van der Waals surface area contributed by atoms with Crippen LogP contribution in [-0.4, -0.2) is 22.8 Å². The summed E-state index contributed by atoms with van der Waals surface area (Å²) in [4.78, 5) is 11.6. The molecule has 1 N–H and O–H groups in total. The molecule has 3 rings (SSSR count). The molecule has 0 bridgehead atoms. The average Bonchev–Trinajstić information content (AvgIpc) is 2.55. The molecule has 3 aliphatic rings. The van der Waals surface area contributed by atoms with Gasteiger partial charge in [0.05, 0.1) is 5.60 Å². The number of ether oxygens (including phenoxy) is 1. The van der Waals surface area contributed by atoms with Gasteiger partial charge in [0.25, 0.3) is 0 Å². The molecule has 3 heteroatoms. The van der Waals surface area contributed by atoms with Crippen molar-refractivity contribution in [1.29, 1.82) is 0 Å². The monoisotopic (exact) mass is 250 g/mol. The number of hydrogen-bond donors (Lipinski definition) is 1. The summed E-state index contributed by atoms with van der Waals surface area (Å²) in [7, 11) is 0. The second-order valence-electron chi connectivity index (χ2n) is 6.76. The summed E-state index contributed by atoms with van der Waals surface area (Å²) in [6.45, 7) is 8.15. The summed E-state index contributed by atoms with van der Waals surface area (Å²) in [5.74, 6) is 0.0559. The van der Waals surface area contributed by atoms with Crippen molar-refractivity contribution in [3.8, 4) is 0 Å². The Balaban J connectivity index is 1.97. The predicted octanol–water partition coefficient (Wildman–Crippen LogP) is 2.44. The van der Waals surface area contributed by atoms with E-state index in [0.717, 1.165) is 25.7 Å². The fraction of sp³-hybridized carbons (Fsp3) is 0.800. The van der Waals surface area contributed by atoms with Crippen LogP contribution in [-0.2, 0) is 9.53 Å². The molecule has 1 aliphatic heterocycles. The van der Waals surface area contributed by atoms with Crippen LogP contribution in [0.1, 0.15) is 46.0 Å². The van der Waals surface area contributed by atoms with Gasteiger partial charge in [-0.3, -0.25) is 0 Å². The second kappa shape index (κ2) is 3.60. The van der Waals surface area contributed by atoms with Crippen LogP contribution in [0.2, 0.25) is 0 Å². The van der Waals surface area contributed by atoms with Crippen molar-refractivity contribution in [2.24, 2.45) is 17.3 Å². The zero-order chi connectivity index (χ0) is 13.1. The van der Waals surface area contributed by atoms with E-state index >= 15 is 0 Å². The first-order valence-corrected chi connectivity index (χ1v) is 6.99. The third kappa shape index (κ3) is 1.37. The third-order valence-corrected chi connectivity index (χ3v) is 5.83. The number of carbonyl (C=O) groups is 1. The third-order valence-electron chi connectivity index (χ3n) is 5.83. The van der Waals surface area contributed by atoms with Crippen molar-refractivity contribution in [1.82, 2.24) is 0 Å². The highest BCUT2D eigenvalue weighted by Gasteiger charge is 2.61. The number of rotatable bonds is 0. The highest BCUT2D eigenvalue weighted by molar-refractivity contribution is 5.90. The van der Waals surface area contributed by atoms with Crippen molar-refractivity contribution in [2.75, 3.05) is 0 Å². The molecule has 0 amide bonds. The Hall–Kier alpha value is -0.830. The number of fused-ring (bicyclic) bond motifs is 2. The Kier molecular flexibility index (Phi) is 2.44. The molecule has 5 unspecified atom stereocenters. The minimum Gasteiger partial charge on any atom is -0.458 e. The lowest BCUT2D eigenvalue weighted by Gasteiger charge is -2.57. The molecule has 100 valence electrons. The lowest BCUT2D eigenvalue weighted by molar-refractivity contribution is -0.194. The first-order valence-electron chi connectivity index (χ1n) is 6.99. The van der Waals surface area contributed by atoms with Crippen LogP contribution in [0, 0.1) is 17.3 Å². The van der Waals surface area contributed by atoms with E-state index in [1.165, 1.54) is 0 Å². The fourth-order valence-electron chi connectivity index (χ4n) is 4.46. The Morgan fingerprint density at radius 1 is 1.44 bits per heavy atom. The maximum atomic E-state index is 11.6. The Bertz CT molecular complexity index is 416. The Morgan fingerprint density at radius 2 is 2.17 bits per heavy atom. The van der Waals surface area contributed by atoms with Gasteiger partial charge in [0.15, 0.2) is 0 Å². The van der Waals surface area contributed by atoms with E-state index in [1.807, 2.05) is 0 Å². The molecule has 0 aromatic carbocycles. The molecule has 1 saturated heterocycles. The molecule has 3 fully saturated rings. The van der Waals surface area contributed by atoms with Gasteiger partial charge in [-0.25, -0.2) is 4.79 Å². The lowest BCUT2D eigenvalue weighted by atomic mass is 9.51. The molecule has 2 aliphatic carbocycles. The Morgan fingerprint density at radius 3 is 2.89 bits per heavy atom. The van der Waals surface area contributed by atoms with Gasteiger partial charge in [0.2, 0.25) is 0 Å². The largest absolute Gasteiger partial charge is 0.458 e. The first kappa shape index (κ1) is 12.2. The summed E-state index contributed by atoms with van der Waals surface area (Å²) < 4.78 is 5.42. The predicted molar refractivity (Wildman–Crippen MR) is 67.8 cm³/mol. The highest BCUT2D eigenvalue weighted by Crippen LogP contribution is 2.59. The maximum absolute atomic E-state index is 11.6. The SMILES string of the molecule is C=C1C(=O)OC2CC3(C)CCCC(C)C3(O)CC12. The van der Waals surface area contributed by atoms with Crippen molar-refractivity contribution >= 4 is 5.97 Å². The number of esters is 1. The van der Waals surface area contributed by atoms with E-state index in [0.29, 0.717) is 17.9 Å². The van der Waals surface area contributed by atoms with Crippen molar-refractivity contribution in [3.63, 3.8) is 0 Å². The van der Waals surface area contributed by atoms with Gasteiger partial charge in [-0.2, -0.15) is 0 Å². The van der Waals surface area contributed by atoms with Crippen LogP contribution in [0.5, 0.6) is 0 Å². The quantitative estimate of drug-likeness (QED) is 0.530. The maximum Gasteiger partial charge on any atom is 0.334 e. The molecule has 0 radical (unpaired) electrons. The topological polar surface area (TPSA) is 46.5 Å². The van der Waals surface area contributed by atoms with Gasteiger partial charge in [-0.15, -0.1) is 0 Å². The lowest BCUT2D eigenvalue weighted by Crippen LogP contribution is -2.59. The zero-order valence-electron chi connectivity index (χ0n) is 11.2. The Labute approximate surface area is 108 Å². The van der Waals surface area contributed by atoms with E-state index in [9.17, 15) is 9.90 Å². The molecule has 5 atom stereocenters. The van der Waals surface area contributed by atoms with Gasteiger partial charge in [0.1, 0.15) is 6.10 Å². The van der Waals surface area contributed by atoms with Crippen LogP contribution < -0.4 is 0 Å². The molecular weight excluding hydrogens is 228 g/mol. The van der Waals surface area contributed by atoms with Gasteiger partial charge >= 0.3 is 5.97 Å². The van der Waals surface area contributed by atoms with Gasteiger partial charge in [-0.05, 0) is 31.6 Å². The number of aliphatic hydroxyl groups is 1. The summed E-state index contributed by atoms with van der Waals surface area (Å²) in [6.07, 6.45) is 4.63. The van der Waals surface area contributed by atoms with E-state index < -0.39 is 5.60 Å². The normalized spacial score (nSPS) is 51.6. The fourth-order valence-corrected chi connectivity index (χ4v) is 4.46. The van der Waals surface area contributed by atoms with Gasteiger partial charge < -0.3 is 9.84 Å². The van der Waals surface area contributed by atoms with E-state index in [1.54, 1.807) is 0 Å². The molecule has 0 spiro atoms. The highest BCUT2D eigenvalue weighted by atomic mass is 16.6. The van der Waals surface area contributed by atoms with Gasteiger partial charge in [-0.1, -0.05) is 26.8 Å². The minimum atomic E-state index is -0.663. The summed E-state index contributed by atoms with van der Waals surface area (Å²) in [5, 5.41) is 11.2. The standard InChI is InChI=1S/C15H22O3/c1-9-5-4-6-14(3)8-12-11(7-15(9,14)17)10(2)13(16)18-12/h9,11-12,17H,2,4-8H2,1,3H3. The number of hydrogen-bond acceptors (Lipinski definition) is 3. The van der Waals surface area contributed by atoms with Crippen molar-refractivity contribution < 1.29 is 14.6 Å². The molecule has 0 aromatic heterocycles. The van der Waals surface area contributed by atoms with Crippen molar-refractivity contribution in [2.45, 2.75) is 57.7 Å². The van der Waals surface area contributed by atoms with Crippen LogP contribution in [0.4, 0.5) is 0 Å². The molecule has 3 nitrogen and oxygen atoms in total. The van der Waals surface area contributed by atoms with E-state index in [2.05, 4.69) is 20.4 Å². The molecule has 1 heterocycles. The van der Waals surface area contributed by atoms with E-state index in [-0.39, 0.29) is 23.4 Å². The molecule has 18 heavy (non-hydrogen) atoms. The molecular formula is C15H22O3. The zero-order valence-corrected chi connectivity index (χ0v) is 11.2. The van der Waals surface area contributed by atoms with E-state index in [4.69, 9.17) is 4.74 Å². The van der Waals surface area contributed by atoms with Gasteiger partial charge in [0, 0.05) is 16.9 Å².